The first kappa shape index (κ1) is 13.0. The van der Waals surface area contributed by atoms with Crippen LogP contribution in [-0.4, -0.2) is 30.1 Å². The van der Waals surface area contributed by atoms with Crippen molar-refractivity contribution in [3.05, 3.63) is 35.9 Å². The van der Waals surface area contributed by atoms with E-state index in [1.807, 2.05) is 0 Å². The lowest BCUT2D eigenvalue weighted by Crippen LogP contribution is -2.04. The summed E-state index contributed by atoms with van der Waals surface area (Å²) in [7, 11) is 0. The van der Waals surface area contributed by atoms with Crippen LogP contribution < -0.4 is 5.32 Å². The van der Waals surface area contributed by atoms with E-state index in [1.54, 1.807) is 0 Å². The summed E-state index contributed by atoms with van der Waals surface area (Å²) in [5.74, 6) is -3.64. The molecule has 0 aliphatic rings. The fourth-order valence-electron chi connectivity index (χ4n) is 1.89. The molecule has 7 nitrogen and oxygen atoms in total. The number of hydrogen-bond donors (Lipinski definition) is 4. The van der Waals surface area contributed by atoms with Crippen molar-refractivity contribution in [2.45, 2.75) is 6.54 Å². The van der Waals surface area contributed by atoms with E-state index in [0.29, 0.717) is 23.0 Å². The number of hydrogen-bond acceptors (Lipinski definition) is 6. The molecule has 0 aliphatic heterocycles. The Morgan fingerprint density at radius 1 is 1.10 bits per heavy atom. The van der Waals surface area contributed by atoms with Crippen LogP contribution in [0.3, 0.4) is 0 Å². The smallest absolute Gasteiger partial charge is 0.182 e. The number of aromatic amines is 1. The molecule has 0 bridgehead atoms. The lowest BCUT2D eigenvalue weighted by molar-refractivity contribution is 0.388. The normalized spacial score (nSPS) is 11.0. The number of aromatic nitrogens is 4. The Bertz CT molecular complexity index is 795. The number of rotatable bonds is 3. The summed E-state index contributed by atoms with van der Waals surface area (Å²) >= 11 is 0. The maximum atomic E-state index is 13.3. The monoisotopic (exact) mass is 293 g/mol. The largest absolute Gasteiger partial charge is 0.504 e. The number of imidazole rings is 1. The van der Waals surface area contributed by atoms with Gasteiger partial charge in [-0.1, -0.05) is 0 Å². The van der Waals surface area contributed by atoms with Crippen molar-refractivity contribution in [3.8, 4) is 11.5 Å². The van der Waals surface area contributed by atoms with Crippen LogP contribution in [0.5, 0.6) is 11.5 Å². The molecule has 3 rings (SSSR count). The molecule has 4 N–H and O–H groups in total. The number of anilines is 1. The Hall–Kier alpha value is -2.97. The van der Waals surface area contributed by atoms with Gasteiger partial charge in [-0.2, -0.15) is 0 Å². The highest BCUT2D eigenvalue weighted by atomic mass is 19.1. The van der Waals surface area contributed by atoms with E-state index >= 15 is 0 Å². The maximum absolute atomic E-state index is 13.3. The first-order valence-electron chi connectivity index (χ1n) is 5.84. The number of aromatic hydroxyl groups is 2. The molecule has 0 atom stereocenters. The third-order valence-electron chi connectivity index (χ3n) is 2.93. The van der Waals surface area contributed by atoms with Gasteiger partial charge < -0.3 is 20.5 Å². The second-order valence-corrected chi connectivity index (χ2v) is 4.19. The van der Waals surface area contributed by atoms with E-state index in [0.717, 1.165) is 0 Å². The van der Waals surface area contributed by atoms with Crippen LogP contribution in [0.2, 0.25) is 0 Å². The molecule has 2 aromatic heterocycles. The van der Waals surface area contributed by atoms with Crippen molar-refractivity contribution in [2.24, 2.45) is 0 Å². The van der Waals surface area contributed by atoms with E-state index in [-0.39, 0.29) is 12.1 Å². The minimum atomic E-state index is -1.16. The van der Waals surface area contributed by atoms with Crippen molar-refractivity contribution in [1.82, 2.24) is 19.9 Å². The summed E-state index contributed by atoms with van der Waals surface area (Å²) < 4.78 is 26.6. The summed E-state index contributed by atoms with van der Waals surface area (Å²) in [6.07, 6.45) is 2.68. The molecular weight excluding hydrogens is 284 g/mol. The van der Waals surface area contributed by atoms with Crippen molar-refractivity contribution < 1.29 is 19.0 Å². The number of benzene rings is 1. The van der Waals surface area contributed by atoms with Gasteiger partial charge in [-0.05, 0) is 0 Å². The van der Waals surface area contributed by atoms with Gasteiger partial charge in [-0.15, -0.1) is 0 Å². The Morgan fingerprint density at radius 2 is 1.81 bits per heavy atom. The van der Waals surface area contributed by atoms with E-state index in [1.165, 1.54) is 12.7 Å². The molecule has 21 heavy (non-hydrogen) atoms. The van der Waals surface area contributed by atoms with Gasteiger partial charge in [0.1, 0.15) is 11.8 Å². The van der Waals surface area contributed by atoms with Crippen LogP contribution in [0.15, 0.2) is 18.7 Å². The number of halogens is 2. The van der Waals surface area contributed by atoms with Crippen molar-refractivity contribution >= 4 is 17.0 Å². The van der Waals surface area contributed by atoms with Crippen LogP contribution >= 0.6 is 0 Å². The molecule has 0 radical (unpaired) electrons. The zero-order valence-electron chi connectivity index (χ0n) is 10.4. The predicted molar refractivity (Wildman–Crippen MR) is 68.7 cm³/mol. The molecule has 1 aromatic carbocycles. The average molecular weight is 293 g/mol. The Balaban J connectivity index is 1.94. The van der Waals surface area contributed by atoms with Gasteiger partial charge in [0, 0.05) is 12.6 Å². The maximum Gasteiger partial charge on any atom is 0.182 e. The number of nitrogens with zero attached hydrogens (tertiary/aromatic N) is 3. The third-order valence-corrected chi connectivity index (χ3v) is 2.93. The second-order valence-electron chi connectivity index (χ2n) is 4.19. The van der Waals surface area contributed by atoms with Crippen LogP contribution in [0.25, 0.3) is 11.2 Å². The van der Waals surface area contributed by atoms with Gasteiger partial charge in [0.05, 0.1) is 11.9 Å². The molecule has 0 unspecified atom stereocenters. The van der Waals surface area contributed by atoms with Gasteiger partial charge in [-0.3, -0.25) is 0 Å². The van der Waals surface area contributed by atoms with Crippen molar-refractivity contribution in [1.29, 1.82) is 0 Å². The summed E-state index contributed by atoms with van der Waals surface area (Å²) in [6, 6.07) is 0.409. The van der Waals surface area contributed by atoms with E-state index in [9.17, 15) is 19.0 Å². The number of H-pyrrole nitrogens is 1. The van der Waals surface area contributed by atoms with Gasteiger partial charge in [0.25, 0.3) is 0 Å². The molecule has 0 aliphatic carbocycles. The highest BCUT2D eigenvalue weighted by Crippen LogP contribution is 2.33. The molecule has 2 heterocycles. The molecule has 0 saturated carbocycles. The highest BCUT2D eigenvalue weighted by molar-refractivity contribution is 5.81. The fourth-order valence-corrected chi connectivity index (χ4v) is 1.89. The zero-order valence-corrected chi connectivity index (χ0v) is 10.4. The third kappa shape index (κ3) is 2.18. The molecule has 0 saturated heterocycles. The molecule has 3 aromatic rings. The first-order chi connectivity index (χ1) is 10.1. The zero-order chi connectivity index (χ0) is 15.0. The van der Waals surface area contributed by atoms with E-state index < -0.39 is 23.1 Å². The number of phenols is 2. The minimum absolute atomic E-state index is 0.239. The van der Waals surface area contributed by atoms with Gasteiger partial charge in [0.2, 0.25) is 0 Å². The van der Waals surface area contributed by atoms with Gasteiger partial charge >= 0.3 is 0 Å². The predicted octanol–water partition coefficient (Wildman–Crippen LogP) is 1.65. The minimum Gasteiger partial charge on any atom is -0.504 e. The van der Waals surface area contributed by atoms with Crippen molar-refractivity contribution in [2.75, 3.05) is 5.32 Å². The summed E-state index contributed by atoms with van der Waals surface area (Å²) in [5, 5.41) is 21.9. The van der Waals surface area contributed by atoms with Gasteiger partial charge in [0.15, 0.2) is 34.6 Å². The summed E-state index contributed by atoms with van der Waals surface area (Å²) in [6.45, 7) is -0.239. The molecule has 9 heteroatoms. The van der Waals surface area contributed by atoms with Crippen LogP contribution in [0.1, 0.15) is 5.56 Å². The summed E-state index contributed by atoms with van der Waals surface area (Å²) in [5.41, 5.74) is 0.596. The Labute approximate surface area is 116 Å². The second kappa shape index (κ2) is 4.85. The Morgan fingerprint density at radius 3 is 2.52 bits per heavy atom. The first-order valence-corrected chi connectivity index (χ1v) is 5.84. The lowest BCUT2D eigenvalue weighted by atomic mass is 10.1. The Kier molecular flexibility index (Phi) is 3.01. The van der Waals surface area contributed by atoms with Crippen molar-refractivity contribution in [3.63, 3.8) is 0 Å². The highest BCUT2D eigenvalue weighted by Gasteiger charge is 2.18. The SMILES string of the molecule is Oc1c(F)cc(F)c(O)c1CNc1ncnc2nc[nH]c12. The molecule has 0 fully saturated rings. The molecular formula is C12H9F2N5O2. The molecule has 0 spiro atoms. The van der Waals surface area contributed by atoms with Crippen LogP contribution in [-0.2, 0) is 6.54 Å². The lowest BCUT2D eigenvalue weighted by Gasteiger charge is -2.10. The molecule has 0 amide bonds. The fraction of sp³-hybridized carbons (Fsp3) is 0.0833. The number of fused-ring (bicyclic) bond motifs is 1. The number of phenolic OH excluding ortho intramolecular Hbond substituents is 2. The quantitative estimate of drug-likeness (QED) is 0.585. The van der Waals surface area contributed by atoms with Crippen LogP contribution in [0.4, 0.5) is 14.6 Å². The number of nitrogens with one attached hydrogen (secondary N) is 2. The van der Waals surface area contributed by atoms with Gasteiger partial charge in [-0.25, -0.2) is 23.7 Å². The topological polar surface area (TPSA) is 107 Å². The average Bonchev–Trinajstić information content (AvgIpc) is 2.94. The van der Waals surface area contributed by atoms with E-state index in [4.69, 9.17) is 0 Å². The standard InChI is InChI=1S/C12H9F2N5O2/c13-6-1-7(14)10(21)5(9(6)20)2-15-11-8-12(17-3-16-8)19-4-18-11/h1,3-4,20-21H,2H2,(H2,15,16,17,18,19). The van der Waals surface area contributed by atoms with E-state index in [2.05, 4.69) is 25.3 Å². The molecule has 108 valence electrons. The summed E-state index contributed by atoms with van der Waals surface area (Å²) in [4.78, 5) is 14.6. The van der Waals surface area contributed by atoms with Crippen LogP contribution in [0, 0.1) is 11.6 Å².